The standard InChI is InChI=1S/C14H14F2N2O2/c1-14(15,16)12-7-13(19)18(9-17-12)8-10-3-5-11(20-2)6-4-10/h3-7,9H,8H2,1-2H3. The zero-order valence-corrected chi connectivity index (χ0v) is 11.1. The molecule has 0 amide bonds. The number of nitrogens with zero attached hydrogens (tertiary/aromatic N) is 2. The minimum absolute atomic E-state index is 0.269. The zero-order valence-electron chi connectivity index (χ0n) is 11.1. The van der Waals surface area contributed by atoms with Crippen molar-refractivity contribution >= 4 is 0 Å². The van der Waals surface area contributed by atoms with Gasteiger partial charge < -0.3 is 4.74 Å². The van der Waals surface area contributed by atoms with Gasteiger partial charge in [0.2, 0.25) is 0 Å². The van der Waals surface area contributed by atoms with Crippen molar-refractivity contribution in [2.24, 2.45) is 0 Å². The lowest BCUT2D eigenvalue weighted by Crippen LogP contribution is -2.24. The van der Waals surface area contributed by atoms with E-state index in [0.717, 1.165) is 18.0 Å². The van der Waals surface area contributed by atoms with E-state index >= 15 is 0 Å². The van der Waals surface area contributed by atoms with Crippen molar-refractivity contribution in [1.29, 1.82) is 0 Å². The molecule has 0 radical (unpaired) electrons. The Morgan fingerprint density at radius 3 is 2.45 bits per heavy atom. The van der Waals surface area contributed by atoms with Crippen LogP contribution in [0.3, 0.4) is 0 Å². The van der Waals surface area contributed by atoms with E-state index in [1.807, 2.05) is 0 Å². The van der Waals surface area contributed by atoms with Gasteiger partial charge in [0.1, 0.15) is 11.4 Å². The van der Waals surface area contributed by atoms with Gasteiger partial charge in [-0.15, -0.1) is 0 Å². The van der Waals surface area contributed by atoms with Gasteiger partial charge in [-0.3, -0.25) is 9.36 Å². The number of rotatable bonds is 4. The van der Waals surface area contributed by atoms with Gasteiger partial charge in [0.25, 0.3) is 11.5 Å². The Morgan fingerprint density at radius 1 is 1.30 bits per heavy atom. The van der Waals surface area contributed by atoms with E-state index < -0.39 is 17.2 Å². The molecule has 0 aliphatic heterocycles. The van der Waals surface area contributed by atoms with Crippen molar-refractivity contribution in [2.45, 2.75) is 19.4 Å². The van der Waals surface area contributed by atoms with Gasteiger partial charge in [0, 0.05) is 13.0 Å². The Hall–Kier alpha value is -2.24. The zero-order chi connectivity index (χ0) is 14.8. The summed E-state index contributed by atoms with van der Waals surface area (Å²) < 4.78 is 32.4. The number of hydrogen-bond donors (Lipinski definition) is 0. The van der Waals surface area contributed by atoms with Crippen LogP contribution in [0.15, 0.2) is 41.5 Å². The second-order valence-electron chi connectivity index (χ2n) is 4.48. The van der Waals surface area contributed by atoms with Gasteiger partial charge in [-0.25, -0.2) is 4.98 Å². The van der Waals surface area contributed by atoms with Crippen LogP contribution in [0.2, 0.25) is 0 Å². The number of halogens is 2. The van der Waals surface area contributed by atoms with Crippen LogP contribution in [-0.2, 0) is 12.5 Å². The third-order valence-electron chi connectivity index (χ3n) is 2.84. The van der Waals surface area contributed by atoms with Crippen molar-refractivity contribution in [3.8, 4) is 5.75 Å². The lowest BCUT2D eigenvalue weighted by molar-refractivity contribution is 0.0123. The number of aromatic nitrogens is 2. The SMILES string of the molecule is COc1ccc(Cn2cnc(C(C)(F)F)cc2=O)cc1. The highest BCUT2D eigenvalue weighted by Gasteiger charge is 2.26. The smallest absolute Gasteiger partial charge is 0.287 e. The van der Waals surface area contributed by atoms with Gasteiger partial charge in [-0.1, -0.05) is 12.1 Å². The third-order valence-corrected chi connectivity index (χ3v) is 2.84. The van der Waals surface area contributed by atoms with Crippen LogP contribution in [0.5, 0.6) is 5.75 Å². The summed E-state index contributed by atoms with van der Waals surface area (Å²) in [6, 6.07) is 8.00. The van der Waals surface area contributed by atoms with Gasteiger partial charge in [0.15, 0.2) is 0 Å². The van der Waals surface area contributed by atoms with Crippen molar-refractivity contribution < 1.29 is 13.5 Å². The molecule has 1 heterocycles. The van der Waals surface area contributed by atoms with Crippen LogP contribution in [0, 0.1) is 0 Å². The Kier molecular flexibility index (Phi) is 3.83. The fourth-order valence-corrected chi connectivity index (χ4v) is 1.71. The summed E-state index contributed by atoms with van der Waals surface area (Å²) >= 11 is 0. The maximum Gasteiger partial charge on any atom is 0.287 e. The largest absolute Gasteiger partial charge is 0.497 e. The quantitative estimate of drug-likeness (QED) is 0.864. The first-order valence-corrected chi connectivity index (χ1v) is 5.98. The molecule has 0 aliphatic carbocycles. The average Bonchev–Trinajstić information content (AvgIpc) is 2.41. The maximum atomic E-state index is 13.1. The van der Waals surface area contributed by atoms with E-state index in [1.165, 1.54) is 4.57 Å². The Balaban J connectivity index is 2.23. The molecule has 6 heteroatoms. The van der Waals surface area contributed by atoms with Crippen LogP contribution in [0.1, 0.15) is 18.2 Å². The number of ether oxygens (including phenoxy) is 1. The van der Waals surface area contributed by atoms with Crippen LogP contribution < -0.4 is 10.3 Å². The molecule has 2 rings (SSSR count). The number of alkyl halides is 2. The highest BCUT2D eigenvalue weighted by atomic mass is 19.3. The molecule has 2 aromatic rings. The normalized spacial score (nSPS) is 11.4. The monoisotopic (exact) mass is 280 g/mol. The Labute approximate surface area is 114 Å². The highest BCUT2D eigenvalue weighted by molar-refractivity contribution is 5.27. The fraction of sp³-hybridized carbons (Fsp3) is 0.286. The van der Waals surface area contributed by atoms with Crippen LogP contribution in [0.4, 0.5) is 8.78 Å². The Morgan fingerprint density at radius 2 is 1.95 bits per heavy atom. The molecule has 20 heavy (non-hydrogen) atoms. The third kappa shape index (κ3) is 3.20. The summed E-state index contributed by atoms with van der Waals surface area (Å²) in [5, 5.41) is 0. The first-order chi connectivity index (χ1) is 9.40. The summed E-state index contributed by atoms with van der Waals surface area (Å²) in [5.74, 6) is -2.40. The second kappa shape index (κ2) is 5.40. The predicted molar refractivity (Wildman–Crippen MR) is 70.2 cm³/mol. The Bertz CT molecular complexity index is 645. The fourth-order valence-electron chi connectivity index (χ4n) is 1.71. The molecule has 106 valence electrons. The summed E-state index contributed by atoms with van der Waals surface area (Å²) in [4.78, 5) is 15.4. The average molecular weight is 280 g/mol. The molecule has 4 nitrogen and oxygen atoms in total. The van der Waals surface area contributed by atoms with Crippen LogP contribution in [0.25, 0.3) is 0 Å². The molecule has 0 bridgehead atoms. The molecule has 0 saturated heterocycles. The highest BCUT2D eigenvalue weighted by Crippen LogP contribution is 2.23. The molecule has 0 N–H and O–H groups in total. The van der Waals surface area contributed by atoms with E-state index in [0.29, 0.717) is 12.7 Å². The molecule has 0 spiro atoms. The topological polar surface area (TPSA) is 44.1 Å². The van der Waals surface area contributed by atoms with Crippen LogP contribution in [-0.4, -0.2) is 16.7 Å². The molecule has 0 atom stereocenters. The van der Waals surface area contributed by atoms with Gasteiger partial charge in [-0.2, -0.15) is 8.78 Å². The molecule has 0 fully saturated rings. The van der Waals surface area contributed by atoms with E-state index in [9.17, 15) is 13.6 Å². The minimum Gasteiger partial charge on any atom is -0.497 e. The summed E-state index contributed by atoms with van der Waals surface area (Å²) in [5.41, 5.74) is -0.175. The number of benzene rings is 1. The molecular weight excluding hydrogens is 266 g/mol. The van der Waals surface area contributed by atoms with E-state index in [-0.39, 0.29) is 6.54 Å². The summed E-state index contributed by atoms with van der Waals surface area (Å²) in [6.45, 7) is 0.980. The minimum atomic E-state index is -3.11. The summed E-state index contributed by atoms with van der Waals surface area (Å²) in [7, 11) is 1.56. The first kappa shape index (κ1) is 14.2. The molecule has 0 saturated carbocycles. The van der Waals surface area contributed by atoms with Crippen molar-refractivity contribution in [3.63, 3.8) is 0 Å². The van der Waals surface area contributed by atoms with Gasteiger partial charge in [0.05, 0.1) is 20.0 Å². The summed E-state index contributed by atoms with van der Waals surface area (Å²) in [6.07, 6.45) is 1.14. The lowest BCUT2D eigenvalue weighted by Gasteiger charge is -2.11. The molecular formula is C14H14F2N2O2. The lowest BCUT2D eigenvalue weighted by atomic mass is 10.2. The molecule has 0 aliphatic rings. The van der Waals surface area contributed by atoms with Gasteiger partial charge in [-0.05, 0) is 17.7 Å². The van der Waals surface area contributed by atoms with E-state index in [1.54, 1.807) is 31.4 Å². The van der Waals surface area contributed by atoms with Crippen molar-refractivity contribution in [2.75, 3.05) is 7.11 Å². The molecule has 1 aromatic carbocycles. The van der Waals surface area contributed by atoms with E-state index in [2.05, 4.69) is 4.98 Å². The van der Waals surface area contributed by atoms with Gasteiger partial charge >= 0.3 is 0 Å². The molecule has 0 unspecified atom stereocenters. The first-order valence-electron chi connectivity index (χ1n) is 5.98. The maximum absolute atomic E-state index is 13.1. The number of hydrogen-bond acceptors (Lipinski definition) is 3. The number of methoxy groups -OCH3 is 1. The van der Waals surface area contributed by atoms with Crippen molar-refractivity contribution in [3.05, 3.63) is 58.3 Å². The second-order valence-corrected chi connectivity index (χ2v) is 4.48. The molecule has 1 aromatic heterocycles. The van der Waals surface area contributed by atoms with Crippen molar-refractivity contribution in [1.82, 2.24) is 9.55 Å². The van der Waals surface area contributed by atoms with Crippen LogP contribution >= 0.6 is 0 Å². The predicted octanol–water partition coefficient (Wildman–Crippen LogP) is 2.41. The van der Waals surface area contributed by atoms with E-state index in [4.69, 9.17) is 4.74 Å².